The number of rotatable bonds is 7. The van der Waals surface area contributed by atoms with Gasteiger partial charge in [0, 0.05) is 0 Å². The molecule has 0 radical (unpaired) electrons. The first kappa shape index (κ1) is 16.4. The highest BCUT2D eigenvalue weighted by atomic mass is 14.0. The molecule has 0 nitrogen and oxygen atoms in total. The Hall–Kier alpha value is 0. The van der Waals surface area contributed by atoms with E-state index >= 15 is 0 Å². The third kappa shape index (κ3) is 22.7. The van der Waals surface area contributed by atoms with Gasteiger partial charge < -0.3 is 0 Å². The van der Waals surface area contributed by atoms with Crippen molar-refractivity contribution < 1.29 is 0 Å². The molecule has 0 aliphatic carbocycles. The van der Waals surface area contributed by atoms with Gasteiger partial charge in [-0.2, -0.15) is 0 Å². The van der Waals surface area contributed by atoms with Crippen LogP contribution in [0.25, 0.3) is 0 Å². The summed E-state index contributed by atoms with van der Waals surface area (Å²) in [5.41, 5.74) is 0. The molecule has 0 saturated heterocycles. The van der Waals surface area contributed by atoms with Crippen molar-refractivity contribution in [3.8, 4) is 0 Å². The summed E-state index contributed by atoms with van der Waals surface area (Å²) in [5, 5.41) is 0. The van der Waals surface area contributed by atoms with E-state index in [0.717, 1.165) is 5.92 Å². The van der Waals surface area contributed by atoms with Crippen LogP contribution >= 0.6 is 0 Å². The Morgan fingerprint density at radius 2 is 1.14 bits per heavy atom. The van der Waals surface area contributed by atoms with E-state index in [2.05, 4.69) is 34.6 Å². The van der Waals surface area contributed by atoms with E-state index < -0.39 is 0 Å². The lowest BCUT2D eigenvalue weighted by molar-refractivity contribution is 0.518. The minimum absolute atomic E-state index is 0.904. The van der Waals surface area contributed by atoms with E-state index in [4.69, 9.17) is 0 Å². The van der Waals surface area contributed by atoms with Gasteiger partial charge in [-0.05, 0) is 5.92 Å². The number of hydrogen-bond donors (Lipinski definition) is 0. The molecule has 0 saturated carbocycles. The zero-order chi connectivity index (χ0) is 11.2. The van der Waals surface area contributed by atoms with Gasteiger partial charge in [0.2, 0.25) is 0 Å². The van der Waals surface area contributed by atoms with Crippen LogP contribution in [0.2, 0.25) is 0 Å². The molecule has 88 valence electrons. The van der Waals surface area contributed by atoms with Crippen LogP contribution in [0.5, 0.6) is 0 Å². The molecule has 0 rings (SSSR count). The monoisotopic (exact) mass is 200 g/mol. The van der Waals surface area contributed by atoms with Crippen molar-refractivity contribution in [1.29, 1.82) is 0 Å². The van der Waals surface area contributed by atoms with Gasteiger partial charge in [-0.3, -0.25) is 0 Å². The highest BCUT2D eigenvalue weighted by molar-refractivity contribution is 4.46. The zero-order valence-electron chi connectivity index (χ0n) is 11.2. The first-order chi connectivity index (χ1) is 6.68. The SMILES string of the molecule is CCCC.CCCCCCCC(C)C. The van der Waals surface area contributed by atoms with Gasteiger partial charge in [0.15, 0.2) is 0 Å². The molecule has 0 N–H and O–H groups in total. The van der Waals surface area contributed by atoms with Crippen LogP contribution in [0.4, 0.5) is 0 Å². The Morgan fingerprint density at radius 3 is 1.50 bits per heavy atom. The van der Waals surface area contributed by atoms with E-state index in [1.807, 2.05) is 0 Å². The minimum atomic E-state index is 0.904. The molecule has 0 atom stereocenters. The minimum Gasteiger partial charge on any atom is -0.0654 e. The van der Waals surface area contributed by atoms with Crippen molar-refractivity contribution in [3.63, 3.8) is 0 Å². The van der Waals surface area contributed by atoms with Gasteiger partial charge in [0.1, 0.15) is 0 Å². The van der Waals surface area contributed by atoms with Crippen LogP contribution in [0.15, 0.2) is 0 Å². The summed E-state index contributed by atoms with van der Waals surface area (Å²) in [5.74, 6) is 0.904. The summed E-state index contributed by atoms with van der Waals surface area (Å²) in [4.78, 5) is 0. The lowest BCUT2D eigenvalue weighted by Crippen LogP contribution is -1.86. The first-order valence-corrected chi connectivity index (χ1v) is 6.68. The van der Waals surface area contributed by atoms with Crippen molar-refractivity contribution in [1.82, 2.24) is 0 Å². The van der Waals surface area contributed by atoms with Crippen LogP contribution in [0, 0.1) is 5.92 Å². The Balaban J connectivity index is 0. The van der Waals surface area contributed by atoms with Crippen LogP contribution in [0.1, 0.15) is 86.0 Å². The Labute approximate surface area is 92.5 Å². The van der Waals surface area contributed by atoms with Crippen molar-refractivity contribution in [2.24, 2.45) is 5.92 Å². The van der Waals surface area contributed by atoms with Crippen LogP contribution in [-0.4, -0.2) is 0 Å². The van der Waals surface area contributed by atoms with Gasteiger partial charge in [-0.1, -0.05) is 86.0 Å². The highest BCUT2D eigenvalue weighted by Gasteiger charge is 1.92. The van der Waals surface area contributed by atoms with Crippen molar-refractivity contribution in [3.05, 3.63) is 0 Å². The zero-order valence-corrected chi connectivity index (χ0v) is 11.2. The lowest BCUT2D eigenvalue weighted by atomic mass is 10.0. The third-order valence-electron chi connectivity index (χ3n) is 2.39. The second kappa shape index (κ2) is 15.5. The maximum Gasteiger partial charge on any atom is -0.0471 e. The van der Waals surface area contributed by atoms with E-state index in [9.17, 15) is 0 Å². The summed E-state index contributed by atoms with van der Waals surface area (Å²) in [6, 6.07) is 0. The summed E-state index contributed by atoms with van der Waals surface area (Å²) in [6.07, 6.45) is 11.2. The van der Waals surface area contributed by atoms with Crippen LogP contribution in [-0.2, 0) is 0 Å². The molecule has 14 heavy (non-hydrogen) atoms. The molecule has 0 heteroatoms. The smallest absolute Gasteiger partial charge is 0.0471 e. The summed E-state index contributed by atoms with van der Waals surface area (Å²) in [7, 11) is 0. The maximum absolute atomic E-state index is 2.31. The molecule has 0 amide bonds. The topological polar surface area (TPSA) is 0 Å². The van der Waals surface area contributed by atoms with E-state index in [-0.39, 0.29) is 0 Å². The summed E-state index contributed by atoms with van der Waals surface area (Å²) < 4.78 is 0. The van der Waals surface area contributed by atoms with E-state index in [0.29, 0.717) is 0 Å². The fourth-order valence-electron chi connectivity index (χ4n) is 1.16. The molecule has 0 aliphatic heterocycles. The molecule has 0 fully saturated rings. The van der Waals surface area contributed by atoms with E-state index in [1.165, 1.54) is 51.4 Å². The average molecular weight is 200 g/mol. The third-order valence-corrected chi connectivity index (χ3v) is 2.39. The molecule has 0 aromatic carbocycles. The molecule has 0 bridgehead atoms. The summed E-state index contributed by atoms with van der Waals surface area (Å²) >= 11 is 0. The Kier molecular flexibility index (Phi) is 18.2. The van der Waals surface area contributed by atoms with Gasteiger partial charge >= 0.3 is 0 Å². The first-order valence-electron chi connectivity index (χ1n) is 6.68. The Bertz CT molecular complexity index is 72.1. The van der Waals surface area contributed by atoms with Crippen LogP contribution < -0.4 is 0 Å². The molecule has 0 aromatic heterocycles. The van der Waals surface area contributed by atoms with Crippen molar-refractivity contribution >= 4 is 0 Å². The quantitative estimate of drug-likeness (QED) is 0.455. The largest absolute Gasteiger partial charge is 0.0654 e. The van der Waals surface area contributed by atoms with Gasteiger partial charge in [-0.15, -0.1) is 0 Å². The molecule has 0 aromatic rings. The fourth-order valence-corrected chi connectivity index (χ4v) is 1.16. The second-order valence-electron chi connectivity index (χ2n) is 4.60. The molecule has 0 heterocycles. The molecular weight excluding hydrogens is 168 g/mol. The fraction of sp³-hybridized carbons (Fsp3) is 1.00. The molecule has 0 aliphatic rings. The van der Waals surface area contributed by atoms with Gasteiger partial charge in [-0.25, -0.2) is 0 Å². The molecule has 0 unspecified atom stereocenters. The number of unbranched alkanes of at least 4 members (excludes halogenated alkanes) is 5. The van der Waals surface area contributed by atoms with Crippen molar-refractivity contribution in [2.45, 2.75) is 86.0 Å². The molecular formula is C14H32. The van der Waals surface area contributed by atoms with Gasteiger partial charge in [0.05, 0.1) is 0 Å². The predicted molar refractivity (Wildman–Crippen MR) is 68.8 cm³/mol. The average Bonchev–Trinajstić information content (AvgIpc) is 2.18. The van der Waals surface area contributed by atoms with E-state index in [1.54, 1.807) is 0 Å². The van der Waals surface area contributed by atoms with Crippen molar-refractivity contribution in [2.75, 3.05) is 0 Å². The van der Waals surface area contributed by atoms with Gasteiger partial charge in [0.25, 0.3) is 0 Å². The van der Waals surface area contributed by atoms with Crippen LogP contribution in [0.3, 0.4) is 0 Å². The lowest BCUT2D eigenvalue weighted by Gasteiger charge is -2.02. The predicted octanol–water partition coefficient (Wildman–Crippen LogP) is 5.81. The standard InChI is InChI=1S/C10H22.C4H10/c1-4-5-6-7-8-9-10(2)3;1-3-4-2/h10H,4-9H2,1-3H3;3-4H2,1-2H3. The maximum atomic E-state index is 2.31. The Morgan fingerprint density at radius 1 is 0.643 bits per heavy atom. The summed E-state index contributed by atoms with van der Waals surface area (Å²) in [6.45, 7) is 11.2. The normalized spacial score (nSPS) is 9.86. The molecule has 0 spiro atoms. The number of hydrogen-bond acceptors (Lipinski definition) is 0. The highest BCUT2D eigenvalue weighted by Crippen LogP contribution is 2.09. The second-order valence-corrected chi connectivity index (χ2v) is 4.60.